The van der Waals surface area contributed by atoms with E-state index in [1.54, 1.807) is 0 Å². The highest BCUT2D eigenvalue weighted by atomic mass is 15.2. The first-order valence-corrected chi connectivity index (χ1v) is 7.17. The molecule has 106 valence electrons. The molecule has 0 radical (unpaired) electrons. The Hall–Kier alpha value is -1.91. The van der Waals surface area contributed by atoms with E-state index in [2.05, 4.69) is 26.2 Å². The van der Waals surface area contributed by atoms with Crippen LogP contribution in [0.15, 0.2) is 18.6 Å². The molecule has 0 amide bonds. The van der Waals surface area contributed by atoms with Gasteiger partial charge in [0.2, 0.25) is 0 Å². The summed E-state index contributed by atoms with van der Waals surface area (Å²) in [5.74, 6) is 1.67. The van der Waals surface area contributed by atoms with E-state index in [1.807, 2.05) is 38.0 Å². The van der Waals surface area contributed by atoms with Crippen LogP contribution in [-0.4, -0.2) is 32.8 Å². The molecule has 1 aliphatic heterocycles. The van der Waals surface area contributed by atoms with Crippen LogP contribution < -0.4 is 4.90 Å². The van der Waals surface area contributed by atoms with Crippen molar-refractivity contribution in [2.45, 2.75) is 32.6 Å². The fourth-order valence-electron chi connectivity index (χ4n) is 2.90. The molecule has 1 aliphatic rings. The van der Waals surface area contributed by atoms with E-state index in [9.17, 15) is 0 Å². The maximum Gasteiger partial charge on any atom is 0.150 e. The first kappa shape index (κ1) is 13.1. The Morgan fingerprint density at radius 1 is 1.15 bits per heavy atom. The van der Waals surface area contributed by atoms with Crippen molar-refractivity contribution in [1.29, 1.82) is 0 Å². The lowest BCUT2D eigenvalue weighted by Gasteiger charge is -2.33. The van der Waals surface area contributed by atoms with Gasteiger partial charge in [-0.3, -0.25) is 9.67 Å². The molecule has 0 saturated carbocycles. The number of piperidine rings is 1. The summed E-state index contributed by atoms with van der Waals surface area (Å²) >= 11 is 0. The second-order valence-electron chi connectivity index (χ2n) is 5.63. The van der Waals surface area contributed by atoms with Gasteiger partial charge in [-0.1, -0.05) is 0 Å². The first-order chi connectivity index (χ1) is 9.63. The van der Waals surface area contributed by atoms with Gasteiger partial charge in [0.25, 0.3) is 0 Å². The predicted octanol–water partition coefficient (Wildman–Crippen LogP) is 2.21. The Kier molecular flexibility index (Phi) is 3.42. The lowest BCUT2D eigenvalue weighted by atomic mass is 9.91. The van der Waals surface area contributed by atoms with Crippen LogP contribution >= 0.6 is 0 Å². The van der Waals surface area contributed by atoms with Crippen molar-refractivity contribution in [2.75, 3.05) is 18.0 Å². The number of hydrogen-bond donors (Lipinski definition) is 0. The van der Waals surface area contributed by atoms with Crippen LogP contribution in [0.3, 0.4) is 0 Å². The van der Waals surface area contributed by atoms with Crippen LogP contribution in [0, 0.1) is 13.8 Å². The largest absolute Gasteiger partial charge is 0.355 e. The van der Waals surface area contributed by atoms with Crippen molar-refractivity contribution in [1.82, 2.24) is 19.7 Å². The van der Waals surface area contributed by atoms with Crippen molar-refractivity contribution in [2.24, 2.45) is 7.05 Å². The highest BCUT2D eigenvalue weighted by Gasteiger charge is 2.23. The molecule has 3 rings (SSSR count). The normalized spacial score (nSPS) is 16.6. The van der Waals surface area contributed by atoms with E-state index in [4.69, 9.17) is 0 Å². The minimum absolute atomic E-state index is 0.623. The SMILES string of the molecule is Cc1cnc(C)c(N2CCC(c3cnn(C)c3)CC2)n1. The third-order valence-electron chi connectivity index (χ3n) is 4.04. The van der Waals surface area contributed by atoms with Crippen LogP contribution in [-0.2, 0) is 7.05 Å². The average Bonchev–Trinajstić information content (AvgIpc) is 2.88. The van der Waals surface area contributed by atoms with Gasteiger partial charge < -0.3 is 4.90 Å². The van der Waals surface area contributed by atoms with Crippen LogP contribution in [0.2, 0.25) is 0 Å². The molecular formula is C15H21N5. The molecule has 0 bridgehead atoms. The quantitative estimate of drug-likeness (QED) is 0.840. The molecule has 1 fully saturated rings. The summed E-state index contributed by atoms with van der Waals surface area (Å²) in [5.41, 5.74) is 3.37. The first-order valence-electron chi connectivity index (χ1n) is 7.17. The summed E-state index contributed by atoms with van der Waals surface area (Å²) in [6, 6.07) is 0. The number of aromatic nitrogens is 4. The highest BCUT2D eigenvalue weighted by molar-refractivity contribution is 5.44. The minimum atomic E-state index is 0.623. The van der Waals surface area contributed by atoms with Gasteiger partial charge >= 0.3 is 0 Å². The Morgan fingerprint density at radius 2 is 1.90 bits per heavy atom. The molecule has 3 heterocycles. The van der Waals surface area contributed by atoms with Crippen molar-refractivity contribution in [3.05, 3.63) is 35.5 Å². The maximum absolute atomic E-state index is 4.65. The molecule has 0 atom stereocenters. The van der Waals surface area contributed by atoms with Crippen LogP contribution in [0.4, 0.5) is 5.82 Å². The van der Waals surface area contributed by atoms with Crippen molar-refractivity contribution in [3.63, 3.8) is 0 Å². The van der Waals surface area contributed by atoms with E-state index >= 15 is 0 Å². The number of anilines is 1. The van der Waals surface area contributed by atoms with Gasteiger partial charge in [0, 0.05) is 32.5 Å². The highest BCUT2D eigenvalue weighted by Crippen LogP contribution is 2.30. The maximum atomic E-state index is 4.65. The molecule has 2 aromatic heterocycles. The van der Waals surface area contributed by atoms with Gasteiger partial charge in [-0.25, -0.2) is 4.98 Å². The summed E-state index contributed by atoms with van der Waals surface area (Å²) in [6.45, 7) is 6.12. The minimum Gasteiger partial charge on any atom is -0.355 e. The number of hydrogen-bond acceptors (Lipinski definition) is 4. The van der Waals surface area contributed by atoms with Gasteiger partial charge in [-0.05, 0) is 38.2 Å². The molecule has 5 nitrogen and oxygen atoms in total. The number of nitrogens with zero attached hydrogens (tertiary/aromatic N) is 5. The third kappa shape index (κ3) is 2.53. The Balaban J connectivity index is 1.70. The molecule has 5 heteroatoms. The van der Waals surface area contributed by atoms with E-state index in [1.165, 1.54) is 5.56 Å². The second kappa shape index (κ2) is 5.23. The van der Waals surface area contributed by atoms with Crippen molar-refractivity contribution in [3.8, 4) is 0 Å². The summed E-state index contributed by atoms with van der Waals surface area (Å²) in [6.07, 6.45) is 8.28. The van der Waals surface area contributed by atoms with Gasteiger partial charge in [-0.2, -0.15) is 5.10 Å². The summed E-state index contributed by atoms with van der Waals surface area (Å²) < 4.78 is 1.89. The van der Waals surface area contributed by atoms with Crippen LogP contribution in [0.25, 0.3) is 0 Å². The molecule has 2 aromatic rings. The fourth-order valence-corrected chi connectivity index (χ4v) is 2.90. The molecule has 0 aromatic carbocycles. The Morgan fingerprint density at radius 3 is 2.55 bits per heavy atom. The van der Waals surface area contributed by atoms with E-state index in [-0.39, 0.29) is 0 Å². The number of rotatable bonds is 2. The fraction of sp³-hybridized carbons (Fsp3) is 0.533. The van der Waals surface area contributed by atoms with E-state index in [0.717, 1.165) is 43.1 Å². The zero-order valence-electron chi connectivity index (χ0n) is 12.4. The van der Waals surface area contributed by atoms with E-state index < -0.39 is 0 Å². The molecule has 20 heavy (non-hydrogen) atoms. The predicted molar refractivity (Wildman–Crippen MR) is 78.9 cm³/mol. The lowest BCUT2D eigenvalue weighted by molar-refractivity contribution is 0.501. The lowest BCUT2D eigenvalue weighted by Crippen LogP contribution is -2.34. The van der Waals surface area contributed by atoms with Crippen LogP contribution in [0.1, 0.15) is 35.7 Å². The van der Waals surface area contributed by atoms with E-state index in [0.29, 0.717) is 5.92 Å². The van der Waals surface area contributed by atoms with Crippen molar-refractivity contribution < 1.29 is 0 Å². The molecule has 0 spiro atoms. The van der Waals surface area contributed by atoms with Gasteiger partial charge in [0.05, 0.1) is 17.6 Å². The van der Waals surface area contributed by atoms with Gasteiger partial charge in [-0.15, -0.1) is 0 Å². The smallest absolute Gasteiger partial charge is 0.150 e. The molecule has 0 unspecified atom stereocenters. The number of aryl methyl sites for hydroxylation is 3. The second-order valence-corrected chi connectivity index (χ2v) is 5.63. The Labute approximate surface area is 119 Å². The monoisotopic (exact) mass is 271 g/mol. The van der Waals surface area contributed by atoms with Gasteiger partial charge in [0.1, 0.15) is 5.82 Å². The summed E-state index contributed by atoms with van der Waals surface area (Å²) in [7, 11) is 1.98. The molecule has 0 aliphatic carbocycles. The molecule has 0 N–H and O–H groups in total. The molecule has 1 saturated heterocycles. The third-order valence-corrected chi connectivity index (χ3v) is 4.04. The zero-order valence-corrected chi connectivity index (χ0v) is 12.4. The van der Waals surface area contributed by atoms with Gasteiger partial charge in [0.15, 0.2) is 0 Å². The summed E-state index contributed by atoms with van der Waals surface area (Å²) in [5, 5.41) is 4.28. The average molecular weight is 271 g/mol. The summed E-state index contributed by atoms with van der Waals surface area (Å²) in [4.78, 5) is 11.4. The topological polar surface area (TPSA) is 46.8 Å². The van der Waals surface area contributed by atoms with Crippen LogP contribution in [0.5, 0.6) is 0 Å². The zero-order chi connectivity index (χ0) is 14.1. The van der Waals surface area contributed by atoms with Crippen molar-refractivity contribution >= 4 is 5.82 Å². The standard InChI is InChI=1S/C15H21N5/c1-11-8-16-12(2)15(18-11)20-6-4-13(5-7-20)14-9-17-19(3)10-14/h8-10,13H,4-7H2,1-3H3. The Bertz CT molecular complexity index is 596. The molecular weight excluding hydrogens is 250 g/mol.